The molecule has 17 nitrogen and oxygen atoms in total. The molecule has 5 aliphatic heterocycles. The van der Waals surface area contributed by atoms with Gasteiger partial charge in [-0.15, -0.1) is 0 Å². The third kappa shape index (κ3) is 9.01. The minimum atomic E-state index is -0.778. The number of hydrogen-bond donors (Lipinski definition) is 3. The fraction of sp³-hybridized carbons (Fsp3) is 0.320. The highest BCUT2D eigenvalue weighted by molar-refractivity contribution is 6.07. The molecular formula is C50H51N7O10. The Morgan fingerprint density at radius 1 is 0.716 bits per heavy atom. The highest BCUT2D eigenvalue weighted by atomic mass is 16.7. The second-order valence-electron chi connectivity index (χ2n) is 17.1. The summed E-state index contributed by atoms with van der Waals surface area (Å²) in [5, 5.41) is 5.49. The minimum Gasteiger partial charge on any atom is -0.493 e. The molecule has 4 N–H and O–H groups in total. The second kappa shape index (κ2) is 18.7. The van der Waals surface area contributed by atoms with Crippen molar-refractivity contribution in [3.05, 3.63) is 101 Å². The fourth-order valence-corrected chi connectivity index (χ4v) is 8.36. The molecule has 4 amide bonds. The molecule has 4 atom stereocenters. The van der Waals surface area contributed by atoms with Crippen LogP contribution in [0, 0.1) is 5.92 Å². The third-order valence-corrected chi connectivity index (χ3v) is 12.3. The van der Waals surface area contributed by atoms with Crippen LogP contribution in [0.2, 0.25) is 0 Å². The topological polar surface area (TPSA) is 205 Å². The Morgan fingerprint density at radius 3 is 1.81 bits per heavy atom. The van der Waals surface area contributed by atoms with Crippen molar-refractivity contribution in [3.8, 4) is 34.5 Å². The van der Waals surface area contributed by atoms with Gasteiger partial charge in [-0.1, -0.05) is 32.0 Å². The number of rotatable bonds is 15. The van der Waals surface area contributed by atoms with Crippen molar-refractivity contribution in [3.63, 3.8) is 0 Å². The molecule has 0 saturated heterocycles. The van der Waals surface area contributed by atoms with Crippen LogP contribution in [0.1, 0.15) is 71.9 Å². The first-order valence-corrected chi connectivity index (χ1v) is 22.1. The highest BCUT2D eigenvalue weighted by Crippen LogP contribution is 2.43. The zero-order chi connectivity index (χ0) is 46.9. The Bertz CT molecular complexity index is 2770. The maximum atomic E-state index is 14.0. The third-order valence-electron chi connectivity index (χ3n) is 12.3. The van der Waals surface area contributed by atoms with E-state index in [-0.39, 0.29) is 61.6 Å². The van der Waals surface area contributed by atoms with Crippen LogP contribution in [-0.4, -0.2) is 104 Å². The van der Waals surface area contributed by atoms with Gasteiger partial charge in [0.15, 0.2) is 34.5 Å². The summed E-state index contributed by atoms with van der Waals surface area (Å²) in [5.41, 5.74) is 12.0. The Kier molecular flexibility index (Phi) is 12.4. The van der Waals surface area contributed by atoms with E-state index in [4.69, 9.17) is 44.1 Å². The SMILES string of the molecule is COc1cc2c(cc1OCCCOc1cc3c(cc1OC)C(=O)N1C=C(c4ccc5c(c4)OCO5)C[C@H]1C=N3)N=C[C@@H]1CC(c3ccc(NC(=O)C(C)NC(=O)C(N)C(C)C)cc3)=CN1C2=O. The fourth-order valence-electron chi connectivity index (χ4n) is 8.36. The zero-order valence-electron chi connectivity index (χ0n) is 37.7. The van der Waals surface area contributed by atoms with Crippen LogP contribution in [0.5, 0.6) is 34.5 Å². The number of nitrogens with two attached hydrogens (primary N) is 1. The van der Waals surface area contributed by atoms with Gasteiger partial charge in [0.25, 0.3) is 11.8 Å². The van der Waals surface area contributed by atoms with E-state index in [1.54, 1.807) is 65.6 Å². The molecule has 0 bridgehead atoms. The number of amides is 4. The Morgan fingerprint density at radius 2 is 1.25 bits per heavy atom. The molecule has 0 spiro atoms. The average Bonchev–Trinajstić information content (AvgIpc) is 4.07. The van der Waals surface area contributed by atoms with E-state index in [1.807, 2.05) is 56.6 Å². The van der Waals surface area contributed by atoms with Crippen molar-refractivity contribution in [2.24, 2.45) is 21.6 Å². The van der Waals surface area contributed by atoms with Crippen molar-refractivity contribution in [2.45, 2.75) is 64.2 Å². The summed E-state index contributed by atoms with van der Waals surface area (Å²) in [4.78, 5) is 65.8. The molecule has 0 radical (unpaired) electrons. The lowest BCUT2D eigenvalue weighted by Gasteiger charge is -2.19. The molecule has 0 saturated carbocycles. The van der Waals surface area contributed by atoms with Gasteiger partial charge in [0.1, 0.15) is 6.04 Å². The molecule has 4 aromatic carbocycles. The molecule has 0 aromatic heterocycles. The molecule has 2 unspecified atom stereocenters. The van der Waals surface area contributed by atoms with Crippen molar-refractivity contribution < 1.29 is 47.6 Å². The number of methoxy groups -OCH3 is 2. The van der Waals surface area contributed by atoms with Gasteiger partial charge in [-0.25, -0.2) is 0 Å². The van der Waals surface area contributed by atoms with Crippen molar-refractivity contribution in [1.29, 1.82) is 0 Å². The number of nitrogens with one attached hydrogen (secondary N) is 2. The van der Waals surface area contributed by atoms with Crippen LogP contribution >= 0.6 is 0 Å². The quantitative estimate of drug-likeness (QED) is 0.108. The van der Waals surface area contributed by atoms with Crippen LogP contribution in [-0.2, 0) is 9.59 Å². The highest BCUT2D eigenvalue weighted by Gasteiger charge is 2.36. The van der Waals surface area contributed by atoms with E-state index in [0.717, 1.165) is 22.3 Å². The summed E-state index contributed by atoms with van der Waals surface area (Å²) in [6.07, 6.45) is 8.87. The van der Waals surface area contributed by atoms with Crippen LogP contribution < -0.4 is 44.8 Å². The maximum absolute atomic E-state index is 14.0. The van der Waals surface area contributed by atoms with E-state index in [2.05, 4.69) is 10.6 Å². The summed E-state index contributed by atoms with van der Waals surface area (Å²) in [6.45, 7) is 6.01. The number of carbonyl (C=O) groups is 4. The number of hydrogen-bond acceptors (Lipinski definition) is 13. The Balaban J connectivity index is 0.797. The molecule has 0 aliphatic carbocycles. The van der Waals surface area contributed by atoms with E-state index < -0.39 is 12.1 Å². The van der Waals surface area contributed by atoms with Crippen LogP contribution in [0.15, 0.2) is 89.1 Å². The minimum absolute atomic E-state index is 0.0609. The maximum Gasteiger partial charge on any atom is 0.260 e. The molecule has 9 rings (SSSR count). The van der Waals surface area contributed by atoms with E-state index >= 15 is 0 Å². The molecule has 5 heterocycles. The van der Waals surface area contributed by atoms with Gasteiger partial charge >= 0.3 is 0 Å². The number of carbonyl (C=O) groups excluding carboxylic acids is 4. The Labute approximate surface area is 387 Å². The molecular weight excluding hydrogens is 859 g/mol. The van der Waals surface area contributed by atoms with Gasteiger partial charge in [0.05, 0.1) is 68.1 Å². The van der Waals surface area contributed by atoms with Gasteiger partial charge in [-0.05, 0) is 71.5 Å². The number of benzene rings is 4. The normalized spacial score (nSPS) is 18.4. The van der Waals surface area contributed by atoms with Crippen LogP contribution in [0.3, 0.4) is 0 Å². The standard InChI is InChI=1S/C50H51N7O10/c1-27(2)46(51)48(59)54-28(3)47(58)55-33-10-7-29(8-11-33)31-15-34-22-52-38-20-44(41(62-4)18-36(38)49(60)56(34)24-31)64-13-6-14-65-45-21-39-37(19-42(45)63-5)50(61)57-25-32(16-35(57)23-53-39)30-9-12-40-43(17-30)67-26-66-40/h7-12,17-25,27-28,34-35,46H,6,13-16,26,51H2,1-5H3,(H,54,59)(H,55,58)/t28?,34-,35-,46?/m0/s1. The molecule has 4 aromatic rings. The van der Waals surface area contributed by atoms with Crippen molar-refractivity contribution in [1.82, 2.24) is 15.1 Å². The second-order valence-corrected chi connectivity index (χ2v) is 17.1. The molecule has 5 aliphatic rings. The van der Waals surface area contributed by atoms with Gasteiger partial charge in [-0.2, -0.15) is 0 Å². The first-order valence-electron chi connectivity index (χ1n) is 22.1. The summed E-state index contributed by atoms with van der Waals surface area (Å²) in [7, 11) is 3.04. The van der Waals surface area contributed by atoms with Gasteiger partial charge < -0.3 is 54.6 Å². The summed E-state index contributed by atoms with van der Waals surface area (Å²) < 4.78 is 34.6. The first-order chi connectivity index (χ1) is 32.4. The monoisotopic (exact) mass is 909 g/mol. The van der Waals surface area contributed by atoms with Crippen molar-refractivity contribution in [2.75, 3.05) is 39.5 Å². The van der Waals surface area contributed by atoms with Crippen molar-refractivity contribution >= 4 is 64.3 Å². The summed E-state index contributed by atoms with van der Waals surface area (Å²) >= 11 is 0. The van der Waals surface area contributed by atoms with E-state index in [0.29, 0.717) is 81.9 Å². The molecule has 346 valence electrons. The predicted molar refractivity (Wildman–Crippen MR) is 251 cm³/mol. The molecule has 67 heavy (non-hydrogen) atoms. The van der Waals surface area contributed by atoms with Crippen LogP contribution in [0.25, 0.3) is 11.1 Å². The smallest absolute Gasteiger partial charge is 0.260 e. The summed E-state index contributed by atoms with van der Waals surface area (Å²) in [6, 6.07) is 17.8. The molecule has 17 heteroatoms. The lowest BCUT2D eigenvalue weighted by Crippen LogP contribution is -2.50. The molecule has 0 fully saturated rings. The number of ether oxygens (including phenoxy) is 6. The largest absolute Gasteiger partial charge is 0.493 e. The number of aliphatic imine (C=N–C) groups is 2. The number of fused-ring (bicyclic) bond motifs is 5. The first kappa shape index (κ1) is 44.5. The van der Waals surface area contributed by atoms with Gasteiger partial charge in [0.2, 0.25) is 18.6 Å². The zero-order valence-corrected chi connectivity index (χ0v) is 37.7. The predicted octanol–water partition coefficient (Wildman–Crippen LogP) is 6.65. The van der Waals surface area contributed by atoms with E-state index in [9.17, 15) is 19.2 Å². The lowest BCUT2D eigenvalue weighted by atomic mass is 10.0. The van der Waals surface area contributed by atoms with Crippen LogP contribution in [0.4, 0.5) is 17.1 Å². The lowest BCUT2D eigenvalue weighted by molar-refractivity contribution is -0.127. The van der Waals surface area contributed by atoms with E-state index in [1.165, 1.54) is 14.2 Å². The summed E-state index contributed by atoms with van der Waals surface area (Å²) in [5.74, 6) is 1.81. The van der Waals surface area contributed by atoms with Gasteiger partial charge in [0, 0.05) is 61.9 Å². The number of nitrogens with zero attached hydrogens (tertiary/aromatic N) is 4. The van der Waals surface area contributed by atoms with Gasteiger partial charge in [-0.3, -0.25) is 29.2 Å². The number of anilines is 1. The Hall–Kier alpha value is -7.66. The average molecular weight is 910 g/mol.